The molecule has 2 rings (SSSR count). The van der Waals surface area contributed by atoms with Gasteiger partial charge in [-0.25, -0.2) is 4.98 Å². The first-order valence-corrected chi connectivity index (χ1v) is 6.88. The number of rotatable bonds is 5. The van der Waals surface area contributed by atoms with Crippen LogP contribution in [0.3, 0.4) is 0 Å². The highest BCUT2D eigenvalue weighted by molar-refractivity contribution is 5.99. The molecule has 0 spiro atoms. The number of hydrogen-bond acceptors (Lipinski definition) is 6. The summed E-state index contributed by atoms with van der Waals surface area (Å²) in [5, 5.41) is 13.9. The van der Waals surface area contributed by atoms with Crippen molar-refractivity contribution in [2.75, 3.05) is 38.2 Å². The van der Waals surface area contributed by atoms with Gasteiger partial charge >= 0.3 is 0 Å². The van der Waals surface area contributed by atoms with E-state index < -0.39 is 4.92 Å². The molecule has 2 heterocycles. The van der Waals surface area contributed by atoms with E-state index in [9.17, 15) is 14.9 Å². The van der Waals surface area contributed by atoms with Crippen LogP contribution < -0.4 is 5.32 Å². The van der Waals surface area contributed by atoms with Gasteiger partial charge in [0.25, 0.3) is 11.6 Å². The van der Waals surface area contributed by atoms with E-state index in [0.717, 1.165) is 12.6 Å². The van der Waals surface area contributed by atoms with Crippen LogP contribution in [0.2, 0.25) is 0 Å². The molecule has 0 aliphatic carbocycles. The van der Waals surface area contributed by atoms with Gasteiger partial charge in [-0.05, 0) is 6.42 Å². The predicted molar refractivity (Wildman–Crippen MR) is 76.4 cm³/mol. The number of pyridine rings is 1. The molecule has 8 heteroatoms. The quantitative estimate of drug-likeness (QED) is 0.649. The van der Waals surface area contributed by atoms with E-state index in [1.54, 1.807) is 4.90 Å². The molecule has 0 saturated carbocycles. The number of carbonyl (C=O) groups is 1. The number of morpholine rings is 1. The third kappa shape index (κ3) is 3.66. The Labute approximate surface area is 122 Å². The monoisotopic (exact) mass is 294 g/mol. The number of hydrogen-bond donors (Lipinski definition) is 1. The summed E-state index contributed by atoms with van der Waals surface area (Å²) < 4.78 is 5.21. The van der Waals surface area contributed by atoms with Gasteiger partial charge in [-0.3, -0.25) is 14.9 Å². The van der Waals surface area contributed by atoms with Crippen LogP contribution in [0.1, 0.15) is 23.7 Å². The van der Waals surface area contributed by atoms with Crippen molar-refractivity contribution < 1.29 is 14.5 Å². The largest absolute Gasteiger partial charge is 0.378 e. The van der Waals surface area contributed by atoms with Gasteiger partial charge in [0.1, 0.15) is 12.0 Å². The molecular weight excluding hydrogens is 276 g/mol. The molecule has 0 radical (unpaired) electrons. The Morgan fingerprint density at radius 1 is 1.52 bits per heavy atom. The molecule has 114 valence electrons. The number of carbonyl (C=O) groups excluding carboxylic acids is 1. The SMILES string of the molecule is CCCNc1ncc([N+](=O)[O-])cc1C(=O)N1CCOCC1. The molecule has 0 atom stereocenters. The highest BCUT2D eigenvalue weighted by Gasteiger charge is 2.24. The molecule has 1 saturated heterocycles. The first kappa shape index (κ1) is 15.2. The second-order valence-electron chi connectivity index (χ2n) is 4.68. The highest BCUT2D eigenvalue weighted by Crippen LogP contribution is 2.21. The Kier molecular flexibility index (Phi) is 5.04. The van der Waals surface area contributed by atoms with Gasteiger partial charge in [0.05, 0.1) is 23.7 Å². The molecule has 1 fully saturated rings. The molecule has 0 unspecified atom stereocenters. The Bertz CT molecular complexity index is 529. The van der Waals surface area contributed by atoms with Crippen molar-refractivity contribution in [3.05, 3.63) is 27.9 Å². The number of amides is 1. The van der Waals surface area contributed by atoms with Gasteiger partial charge < -0.3 is 15.0 Å². The number of nitrogens with one attached hydrogen (secondary N) is 1. The van der Waals surface area contributed by atoms with E-state index in [-0.39, 0.29) is 17.2 Å². The van der Waals surface area contributed by atoms with Gasteiger partial charge in [0.15, 0.2) is 0 Å². The molecule has 8 nitrogen and oxygen atoms in total. The summed E-state index contributed by atoms with van der Waals surface area (Å²) >= 11 is 0. The van der Waals surface area contributed by atoms with E-state index in [1.165, 1.54) is 6.07 Å². The van der Waals surface area contributed by atoms with E-state index in [4.69, 9.17) is 4.74 Å². The third-order valence-corrected chi connectivity index (χ3v) is 3.16. The van der Waals surface area contributed by atoms with Crippen molar-refractivity contribution in [3.63, 3.8) is 0 Å². The van der Waals surface area contributed by atoms with Crippen LogP contribution in [0.15, 0.2) is 12.3 Å². The Morgan fingerprint density at radius 3 is 2.86 bits per heavy atom. The fourth-order valence-electron chi connectivity index (χ4n) is 2.04. The average Bonchev–Trinajstić information content (AvgIpc) is 2.52. The third-order valence-electron chi connectivity index (χ3n) is 3.16. The molecule has 1 aromatic heterocycles. The van der Waals surface area contributed by atoms with Gasteiger partial charge in [0.2, 0.25) is 0 Å². The molecule has 0 aromatic carbocycles. The standard InChI is InChI=1S/C13H18N4O4/c1-2-3-14-12-11(8-10(9-15-12)17(19)20)13(18)16-4-6-21-7-5-16/h8-9H,2-7H2,1H3,(H,14,15). The molecule has 0 bridgehead atoms. The van der Waals surface area contributed by atoms with E-state index >= 15 is 0 Å². The van der Waals surface area contributed by atoms with E-state index in [0.29, 0.717) is 38.7 Å². The van der Waals surface area contributed by atoms with Crippen molar-refractivity contribution in [1.29, 1.82) is 0 Å². The Hall–Kier alpha value is -2.22. The van der Waals surface area contributed by atoms with Crippen LogP contribution in [0.4, 0.5) is 11.5 Å². The zero-order chi connectivity index (χ0) is 15.2. The maximum atomic E-state index is 12.5. The van der Waals surface area contributed by atoms with Gasteiger partial charge in [0, 0.05) is 25.7 Å². The summed E-state index contributed by atoms with van der Waals surface area (Å²) in [6, 6.07) is 1.28. The predicted octanol–water partition coefficient (Wildman–Crippen LogP) is 1.28. The van der Waals surface area contributed by atoms with Crippen LogP contribution in [-0.2, 0) is 4.74 Å². The number of ether oxygens (including phenoxy) is 1. The average molecular weight is 294 g/mol. The van der Waals surface area contributed by atoms with Crippen molar-refractivity contribution in [2.24, 2.45) is 0 Å². The number of nitrogens with zero attached hydrogens (tertiary/aromatic N) is 3. The molecular formula is C13H18N4O4. The topological polar surface area (TPSA) is 97.6 Å². The number of anilines is 1. The van der Waals surface area contributed by atoms with Crippen LogP contribution in [-0.4, -0.2) is 53.6 Å². The summed E-state index contributed by atoms with van der Waals surface area (Å²) in [7, 11) is 0. The fraction of sp³-hybridized carbons (Fsp3) is 0.538. The number of aromatic nitrogens is 1. The highest BCUT2D eigenvalue weighted by atomic mass is 16.6. The zero-order valence-corrected chi connectivity index (χ0v) is 11.9. The van der Waals surface area contributed by atoms with Crippen LogP contribution in [0, 0.1) is 10.1 Å². The van der Waals surface area contributed by atoms with Gasteiger partial charge in [-0.2, -0.15) is 0 Å². The summed E-state index contributed by atoms with van der Waals surface area (Å²) in [5.74, 6) is 0.132. The number of nitro groups is 1. The van der Waals surface area contributed by atoms with Crippen molar-refractivity contribution in [1.82, 2.24) is 9.88 Å². The van der Waals surface area contributed by atoms with Crippen LogP contribution >= 0.6 is 0 Å². The second kappa shape index (κ2) is 6.98. The first-order valence-electron chi connectivity index (χ1n) is 6.88. The van der Waals surface area contributed by atoms with E-state index in [1.807, 2.05) is 6.92 Å². The minimum Gasteiger partial charge on any atom is -0.378 e. The molecule has 1 aliphatic heterocycles. The lowest BCUT2D eigenvalue weighted by Gasteiger charge is -2.27. The first-order chi connectivity index (χ1) is 10.1. The van der Waals surface area contributed by atoms with Crippen molar-refractivity contribution >= 4 is 17.4 Å². The lowest BCUT2D eigenvalue weighted by atomic mass is 10.2. The maximum absolute atomic E-state index is 12.5. The lowest BCUT2D eigenvalue weighted by molar-refractivity contribution is -0.385. The summed E-state index contributed by atoms with van der Waals surface area (Å²) in [5.41, 5.74) is 0.0493. The minimum absolute atomic E-state index is 0.186. The molecule has 1 aliphatic rings. The fourth-order valence-corrected chi connectivity index (χ4v) is 2.04. The lowest BCUT2D eigenvalue weighted by Crippen LogP contribution is -2.41. The van der Waals surface area contributed by atoms with Crippen molar-refractivity contribution in [2.45, 2.75) is 13.3 Å². The molecule has 1 aromatic rings. The molecule has 1 N–H and O–H groups in total. The Morgan fingerprint density at radius 2 is 2.24 bits per heavy atom. The molecule has 1 amide bonds. The Balaban J connectivity index is 2.29. The normalized spacial score (nSPS) is 14.8. The molecule has 21 heavy (non-hydrogen) atoms. The van der Waals surface area contributed by atoms with E-state index in [2.05, 4.69) is 10.3 Å². The van der Waals surface area contributed by atoms with Gasteiger partial charge in [-0.15, -0.1) is 0 Å². The summed E-state index contributed by atoms with van der Waals surface area (Å²) in [6.45, 7) is 4.55. The smallest absolute Gasteiger partial charge is 0.288 e. The van der Waals surface area contributed by atoms with Gasteiger partial charge in [-0.1, -0.05) is 6.92 Å². The zero-order valence-electron chi connectivity index (χ0n) is 11.9. The van der Waals surface area contributed by atoms with Crippen LogP contribution in [0.25, 0.3) is 0 Å². The summed E-state index contributed by atoms with van der Waals surface area (Å²) in [6.07, 6.45) is 2.03. The summed E-state index contributed by atoms with van der Waals surface area (Å²) in [4.78, 5) is 28.5. The minimum atomic E-state index is -0.549. The van der Waals surface area contributed by atoms with Crippen molar-refractivity contribution in [3.8, 4) is 0 Å². The van der Waals surface area contributed by atoms with Crippen LogP contribution in [0.5, 0.6) is 0 Å². The second-order valence-corrected chi connectivity index (χ2v) is 4.68. The maximum Gasteiger partial charge on any atom is 0.288 e.